The minimum Gasteiger partial charge on any atom is -0.497 e. The Hall–Kier alpha value is -2.86. The van der Waals surface area contributed by atoms with Crippen LogP contribution in [0.4, 0.5) is 0 Å². The zero-order valence-corrected chi connectivity index (χ0v) is 13.8. The van der Waals surface area contributed by atoms with Crippen molar-refractivity contribution in [1.29, 1.82) is 0 Å². The lowest BCUT2D eigenvalue weighted by atomic mass is 10.2. The van der Waals surface area contributed by atoms with Gasteiger partial charge < -0.3 is 9.47 Å². The third-order valence-electron chi connectivity index (χ3n) is 3.36. The number of carbonyl (C=O) groups excluding carboxylic acids is 1. The molecule has 2 aromatic carbocycles. The smallest absolute Gasteiger partial charge is 0.336 e. The van der Waals surface area contributed by atoms with Crippen LogP contribution in [0.15, 0.2) is 48.5 Å². The van der Waals surface area contributed by atoms with Crippen molar-refractivity contribution in [3.63, 3.8) is 0 Å². The molecule has 0 amide bonds. The summed E-state index contributed by atoms with van der Waals surface area (Å²) in [6.45, 7) is 0. The van der Waals surface area contributed by atoms with E-state index in [1.807, 2.05) is 12.1 Å². The Balaban J connectivity index is 2.10. The summed E-state index contributed by atoms with van der Waals surface area (Å²) < 4.78 is 11.5. The molecule has 0 saturated heterocycles. The fourth-order valence-corrected chi connectivity index (χ4v) is 2.40. The lowest BCUT2D eigenvalue weighted by molar-refractivity contribution is 0.0945. The van der Waals surface area contributed by atoms with E-state index in [9.17, 15) is 4.79 Å². The summed E-state index contributed by atoms with van der Waals surface area (Å²) in [5.41, 5.74) is 1.08. The fourth-order valence-electron chi connectivity index (χ4n) is 2.21. The minimum atomic E-state index is -0.355. The van der Waals surface area contributed by atoms with Crippen molar-refractivity contribution in [3.05, 3.63) is 59.1 Å². The van der Waals surface area contributed by atoms with E-state index in [2.05, 4.69) is 10.1 Å². The molecular weight excluding hydrogens is 330 g/mol. The van der Waals surface area contributed by atoms with Gasteiger partial charge in [0, 0.05) is 16.1 Å². The molecule has 0 spiro atoms. The first-order valence-corrected chi connectivity index (χ1v) is 7.46. The lowest BCUT2D eigenvalue weighted by Crippen LogP contribution is -2.15. The van der Waals surface area contributed by atoms with E-state index in [0.717, 1.165) is 0 Å². The third kappa shape index (κ3) is 3.09. The highest BCUT2D eigenvalue weighted by Gasteiger charge is 2.20. The molecule has 7 heteroatoms. The number of rotatable bonds is 4. The van der Waals surface area contributed by atoms with Crippen LogP contribution in [0.3, 0.4) is 0 Å². The Labute approximate surface area is 143 Å². The van der Waals surface area contributed by atoms with Gasteiger partial charge in [-0.1, -0.05) is 29.8 Å². The molecule has 0 unspecified atom stereocenters. The van der Waals surface area contributed by atoms with Gasteiger partial charge in [-0.25, -0.2) is 0 Å². The highest BCUT2D eigenvalue weighted by Crippen LogP contribution is 2.25. The molecule has 1 heterocycles. The maximum Gasteiger partial charge on any atom is 0.336 e. The Kier molecular flexibility index (Phi) is 4.48. The Morgan fingerprint density at radius 2 is 1.88 bits per heavy atom. The first kappa shape index (κ1) is 16.0. The number of hydrogen-bond acceptors (Lipinski definition) is 5. The quantitative estimate of drug-likeness (QED) is 0.727. The van der Waals surface area contributed by atoms with Crippen LogP contribution in [-0.2, 0) is 0 Å². The van der Waals surface area contributed by atoms with Gasteiger partial charge in [0.05, 0.1) is 14.2 Å². The number of benzene rings is 2. The van der Waals surface area contributed by atoms with Gasteiger partial charge in [0.15, 0.2) is 5.82 Å². The average molecular weight is 344 g/mol. The summed E-state index contributed by atoms with van der Waals surface area (Å²) in [5.74, 6) is 0.651. The van der Waals surface area contributed by atoms with Gasteiger partial charge in [-0.05, 0) is 30.3 Å². The molecule has 0 saturated carbocycles. The molecule has 0 aliphatic heterocycles. The first-order chi connectivity index (χ1) is 11.6. The highest BCUT2D eigenvalue weighted by molar-refractivity contribution is 6.31. The summed E-state index contributed by atoms with van der Waals surface area (Å²) in [5, 5.41) is 4.58. The topological polar surface area (TPSA) is 66.2 Å². The van der Waals surface area contributed by atoms with Gasteiger partial charge in [0.2, 0.25) is 0 Å². The average Bonchev–Trinajstić information content (AvgIpc) is 3.05. The van der Waals surface area contributed by atoms with Crippen molar-refractivity contribution < 1.29 is 14.3 Å². The number of hydrogen-bond donors (Lipinski definition) is 0. The van der Waals surface area contributed by atoms with Gasteiger partial charge in [0.1, 0.15) is 5.75 Å². The largest absolute Gasteiger partial charge is 0.497 e. The predicted molar refractivity (Wildman–Crippen MR) is 89.7 cm³/mol. The van der Waals surface area contributed by atoms with E-state index in [1.165, 1.54) is 11.8 Å². The second-order valence-corrected chi connectivity index (χ2v) is 5.32. The highest BCUT2D eigenvalue weighted by atomic mass is 35.5. The van der Waals surface area contributed by atoms with Gasteiger partial charge in [-0.15, -0.1) is 5.10 Å². The van der Waals surface area contributed by atoms with E-state index in [-0.39, 0.29) is 11.9 Å². The zero-order chi connectivity index (χ0) is 17.1. The first-order valence-electron chi connectivity index (χ1n) is 7.08. The zero-order valence-electron chi connectivity index (χ0n) is 13.1. The normalized spacial score (nSPS) is 10.5. The predicted octanol–water partition coefficient (Wildman–Crippen LogP) is 3.30. The van der Waals surface area contributed by atoms with Gasteiger partial charge in [-0.3, -0.25) is 4.79 Å². The molecule has 122 valence electrons. The summed E-state index contributed by atoms with van der Waals surface area (Å²) in [7, 11) is 3.01. The number of aromatic nitrogens is 3. The number of ether oxygens (including phenoxy) is 2. The maximum atomic E-state index is 12.8. The third-order valence-corrected chi connectivity index (χ3v) is 3.60. The number of carbonyl (C=O) groups is 1. The molecular formula is C17H14ClN3O3. The van der Waals surface area contributed by atoms with Gasteiger partial charge >= 0.3 is 6.01 Å². The standard InChI is InChI=1S/C17H14ClN3O3/c1-23-14-8-4-5-11(10-14)15-19-17(24-2)20-21(15)16(22)12-6-3-7-13(18)9-12/h3-10H,1-2H3. The van der Waals surface area contributed by atoms with E-state index in [4.69, 9.17) is 21.1 Å². The molecule has 24 heavy (non-hydrogen) atoms. The van der Waals surface area contributed by atoms with Crippen LogP contribution in [0, 0.1) is 0 Å². The van der Waals surface area contributed by atoms with Crippen LogP contribution in [-0.4, -0.2) is 34.9 Å². The van der Waals surface area contributed by atoms with Crippen LogP contribution in [0.1, 0.15) is 10.4 Å². The Morgan fingerprint density at radius 3 is 2.58 bits per heavy atom. The summed E-state index contributed by atoms with van der Waals surface area (Å²) in [4.78, 5) is 17.1. The second kappa shape index (κ2) is 6.72. The second-order valence-electron chi connectivity index (χ2n) is 4.88. The van der Waals surface area contributed by atoms with Crippen molar-refractivity contribution in [1.82, 2.24) is 14.8 Å². The van der Waals surface area contributed by atoms with E-state index >= 15 is 0 Å². The molecule has 0 aliphatic carbocycles. The number of nitrogens with zero attached hydrogens (tertiary/aromatic N) is 3. The van der Waals surface area contributed by atoms with Crippen molar-refractivity contribution in [2.75, 3.05) is 14.2 Å². The van der Waals surface area contributed by atoms with Crippen LogP contribution in [0.25, 0.3) is 11.4 Å². The summed E-state index contributed by atoms with van der Waals surface area (Å²) in [6, 6.07) is 13.9. The van der Waals surface area contributed by atoms with Crippen molar-refractivity contribution in [3.8, 4) is 23.1 Å². The van der Waals surface area contributed by atoms with Crippen LogP contribution in [0.5, 0.6) is 11.8 Å². The SMILES string of the molecule is COc1cccc(-c2nc(OC)nn2C(=O)c2cccc(Cl)c2)c1. The molecule has 0 fully saturated rings. The minimum absolute atomic E-state index is 0.100. The molecule has 3 aromatic rings. The number of halogens is 1. The van der Waals surface area contributed by atoms with Crippen LogP contribution < -0.4 is 9.47 Å². The molecule has 0 atom stereocenters. The van der Waals surface area contributed by atoms with Gasteiger partial charge in [0.25, 0.3) is 5.91 Å². The van der Waals surface area contributed by atoms with E-state index in [1.54, 1.807) is 43.5 Å². The van der Waals surface area contributed by atoms with E-state index in [0.29, 0.717) is 27.7 Å². The molecule has 0 N–H and O–H groups in total. The maximum absolute atomic E-state index is 12.8. The molecule has 0 bridgehead atoms. The molecule has 0 aliphatic rings. The molecule has 6 nitrogen and oxygen atoms in total. The van der Waals surface area contributed by atoms with E-state index < -0.39 is 0 Å². The van der Waals surface area contributed by atoms with Gasteiger partial charge in [-0.2, -0.15) is 9.67 Å². The van der Waals surface area contributed by atoms with Crippen LogP contribution >= 0.6 is 11.6 Å². The summed E-state index contributed by atoms with van der Waals surface area (Å²) in [6.07, 6.45) is 0. The van der Waals surface area contributed by atoms with Crippen molar-refractivity contribution in [2.45, 2.75) is 0 Å². The Morgan fingerprint density at radius 1 is 1.08 bits per heavy atom. The number of methoxy groups -OCH3 is 2. The summed E-state index contributed by atoms with van der Waals surface area (Å²) >= 11 is 5.97. The Bertz CT molecular complexity index is 892. The fraction of sp³-hybridized carbons (Fsp3) is 0.118. The monoisotopic (exact) mass is 343 g/mol. The molecule has 1 aromatic heterocycles. The van der Waals surface area contributed by atoms with Crippen LogP contribution in [0.2, 0.25) is 5.02 Å². The van der Waals surface area contributed by atoms with Crippen molar-refractivity contribution in [2.24, 2.45) is 0 Å². The molecule has 0 radical (unpaired) electrons. The molecule has 3 rings (SSSR count). The lowest BCUT2D eigenvalue weighted by Gasteiger charge is -2.06. The van der Waals surface area contributed by atoms with Crippen molar-refractivity contribution >= 4 is 17.5 Å².